The lowest BCUT2D eigenvalue weighted by Crippen LogP contribution is -2.24. The summed E-state index contributed by atoms with van der Waals surface area (Å²) >= 11 is 0. The number of nitrogens with zero attached hydrogens (tertiary/aromatic N) is 3. The molecule has 0 fully saturated rings. The van der Waals surface area contributed by atoms with Crippen LogP contribution in [0.1, 0.15) is 12.7 Å². The molecule has 7 heteroatoms. The maximum absolute atomic E-state index is 5.28. The molecule has 0 aromatic carbocycles. The lowest BCUT2D eigenvalue weighted by molar-refractivity contribution is 0.417. The van der Waals surface area contributed by atoms with Crippen LogP contribution in [0.25, 0.3) is 23.0 Å². The van der Waals surface area contributed by atoms with Gasteiger partial charge in [-0.3, -0.25) is 5.10 Å². The van der Waals surface area contributed by atoms with Crippen LogP contribution in [0.3, 0.4) is 0 Å². The highest BCUT2D eigenvalue weighted by atomic mass is 16.5. The van der Waals surface area contributed by atoms with Crippen LogP contribution in [-0.2, 0) is 6.42 Å². The van der Waals surface area contributed by atoms with E-state index in [-0.39, 0.29) is 0 Å². The Morgan fingerprint density at radius 3 is 3.10 bits per heavy atom. The van der Waals surface area contributed by atoms with Gasteiger partial charge in [0.05, 0.1) is 6.26 Å². The zero-order chi connectivity index (χ0) is 13.9. The van der Waals surface area contributed by atoms with E-state index in [1.807, 2.05) is 25.2 Å². The van der Waals surface area contributed by atoms with Crippen molar-refractivity contribution in [3.8, 4) is 23.0 Å². The summed E-state index contributed by atoms with van der Waals surface area (Å²) in [6.07, 6.45) is 2.31. The van der Waals surface area contributed by atoms with E-state index in [0.717, 1.165) is 0 Å². The Hall–Kier alpha value is -2.41. The van der Waals surface area contributed by atoms with E-state index < -0.39 is 0 Å². The molecule has 1 unspecified atom stereocenters. The quantitative estimate of drug-likeness (QED) is 0.737. The monoisotopic (exact) mass is 273 g/mol. The van der Waals surface area contributed by atoms with Gasteiger partial charge in [0.15, 0.2) is 11.6 Å². The highest BCUT2D eigenvalue weighted by molar-refractivity contribution is 5.59. The number of nitrogens with one attached hydrogen (secondary N) is 2. The van der Waals surface area contributed by atoms with E-state index in [2.05, 4.69) is 32.6 Å². The zero-order valence-electron chi connectivity index (χ0n) is 11.3. The van der Waals surface area contributed by atoms with Gasteiger partial charge in [0.25, 0.3) is 5.89 Å². The van der Waals surface area contributed by atoms with Crippen LogP contribution in [0.5, 0.6) is 0 Å². The van der Waals surface area contributed by atoms with Gasteiger partial charge in [0.1, 0.15) is 11.4 Å². The second-order valence-corrected chi connectivity index (χ2v) is 4.55. The lowest BCUT2D eigenvalue weighted by Gasteiger charge is -2.04. The third kappa shape index (κ3) is 2.48. The maximum atomic E-state index is 5.28. The highest BCUT2D eigenvalue weighted by Gasteiger charge is 2.14. The molecule has 2 N–H and O–H groups in total. The predicted octanol–water partition coefficient (Wildman–Crippen LogP) is 1.87. The molecule has 3 aromatic heterocycles. The largest absolute Gasteiger partial charge is 0.463 e. The molecule has 0 saturated heterocycles. The first-order valence-corrected chi connectivity index (χ1v) is 6.36. The van der Waals surface area contributed by atoms with Gasteiger partial charge in [-0.2, -0.15) is 10.1 Å². The Labute approximate surface area is 115 Å². The molecule has 0 bridgehead atoms. The molecule has 20 heavy (non-hydrogen) atoms. The molecule has 0 saturated carbocycles. The highest BCUT2D eigenvalue weighted by Crippen LogP contribution is 2.22. The number of hydrogen-bond acceptors (Lipinski definition) is 6. The van der Waals surface area contributed by atoms with Gasteiger partial charge in [0.2, 0.25) is 0 Å². The summed E-state index contributed by atoms with van der Waals surface area (Å²) in [5.41, 5.74) is 1.38. The van der Waals surface area contributed by atoms with Crippen molar-refractivity contribution in [2.75, 3.05) is 7.05 Å². The number of aromatic amines is 1. The summed E-state index contributed by atoms with van der Waals surface area (Å²) in [5.74, 6) is 1.78. The fraction of sp³-hybridized carbons (Fsp3) is 0.308. The SMILES string of the molecule is CNC(C)Cc1noc(-c2cc(-c3ccco3)n[nH]2)n1. The number of likely N-dealkylation sites (N-methyl/N-ethyl adjacent to an activating group) is 1. The average Bonchev–Trinajstić information content (AvgIpc) is 3.18. The molecule has 0 radical (unpaired) electrons. The molecule has 0 aliphatic carbocycles. The minimum Gasteiger partial charge on any atom is -0.463 e. The van der Waals surface area contributed by atoms with Gasteiger partial charge >= 0.3 is 0 Å². The van der Waals surface area contributed by atoms with Gasteiger partial charge in [-0.1, -0.05) is 5.16 Å². The third-order valence-electron chi connectivity index (χ3n) is 3.03. The Bertz CT molecular complexity index is 671. The minimum atomic E-state index is 0.292. The summed E-state index contributed by atoms with van der Waals surface area (Å²) in [6.45, 7) is 2.06. The maximum Gasteiger partial charge on any atom is 0.275 e. The van der Waals surface area contributed by atoms with Gasteiger partial charge in [-0.15, -0.1) is 0 Å². The van der Waals surface area contributed by atoms with Gasteiger partial charge < -0.3 is 14.3 Å². The molecule has 104 valence electrons. The van der Waals surface area contributed by atoms with E-state index in [0.29, 0.717) is 41.3 Å². The summed E-state index contributed by atoms with van der Waals surface area (Å²) in [4.78, 5) is 4.34. The van der Waals surface area contributed by atoms with Crippen molar-refractivity contribution >= 4 is 0 Å². The predicted molar refractivity (Wildman–Crippen MR) is 71.8 cm³/mol. The van der Waals surface area contributed by atoms with Crippen molar-refractivity contribution in [3.63, 3.8) is 0 Å². The molecule has 0 aliphatic heterocycles. The van der Waals surface area contributed by atoms with Crippen molar-refractivity contribution < 1.29 is 8.94 Å². The van der Waals surface area contributed by atoms with Crippen LogP contribution in [0.2, 0.25) is 0 Å². The Kier molecular flexibility index (Phi) is 3.34. The lowest BCUT2D eigenvalue weighted by atomic mass is 10.2. The van der Waals surface area contributed by atoms with Crippen LogP contribution in [0, 0.1) is 0 Å². The third-order valence-corrected chi connectivity index (χ3v) is 3.03. The van der Waals surface area contributed by atoms with E-state index in [4.69, 9.17) is 8.94 Å². The van der Waals surface area contributed by atoms with Crippen LogP contribution < -0.4 is 5.32 Å². The van der Waals surface area contributed by atoms with Gasteiger partial charge in [-0.25, -0.2) is 0 Å². The Balaban J connectivity index is 1.80. The molecular formula is C13H15N5O2. The standard InChI is InChI=1S/C13H15N5O2/c1-8(14-2)6-12-15-13(20-18-12)10-7-9(16-17-10)11-4-3-5-19-11/h3-5,7-8,14H,6H2,1-2H3,(H,16,17). The molecular weight excluding hydrogens is 258 g/mol. The van der Waals surface area contributed by atoms with Crippen molar-refractivity contribution in [3.05, 3.63) is 30.3 Å². The van der Waals surface area contributed by atoms with Crippen LogP contribution in [-0.4, -0.2) is 33.4 Å². The molecule has 0 aliphatic rings. The molecule has 3 heterocycles. The first kappa shape index (κ1) is 12.6. The summed E-state index contributed by atoms with van der Waals surface area (Å²) in [5, 5.41) is 14.1. The van der Waals surface area contributed by atoms with Crippen molar-refractivity contribution in [2.24, 2.45) is 0 Å². The van der Waals surface area contributed by atoms with Gasteiger partial charge in [0, 0.05) is 18.5 Å². The van der Waals surface area contributed by atoms with Crippen LogP contribution in [0.4, 0.5) is 0 Å². The van der Waals surface area contributed by atoms with E-state index in [1.54, 1.807) is 6.26 Å². The number of hydrogen-bond donors (Lipinski definition) is 2. The van der Waals surface area contributed by atoms with Crippen molar-refractivity contribution in [1.29, 1.82) is 0 Å². The van der Waals surface area contributed by atoms with Crippen molar-refractivity contribution in [1.82, 2.24) is 25.7 Å². The number of furan rings is 1. The topological polar surface area (TPSA) is 92.8 Å². The first-order chi connectivity index (χ1) is 9.76. The molecule has 3 aromatic rings. The molecule has 0 amide bonds. The molecule has 0 spiro atoms. The number of aromatic nitrogens is 4. The van der Waals surface area contributed by atoms with Crippen LogP contribution >= 0.6 is 0 Å². The Morgan fingerprint density at radius 1 is 1.45 bits per heavy atom. The smallest absolute Gasteiger partial charge is 0.275 e. The fourth-order valence-corrected chi connectivity index (χ4v) is 1.80. The second kappa shape index (κ2) is 5.30. The first-order valence-electron chi connectivity index (χ1n) is 6.36. The Morgan fingerprint density at radius 2 is 2.35 bits per heavy atom. The summed E-state index contributed by atoms with van der Waals surface area (Å²) in [7, 11) is 1.90. The van der Waals surface area contributed by atoms with E-state index in [1.165, 1.54) is 0 Å². The number of rotatable bonds is 5. The molecule has 7 nitrogen and oxygen atoms in total. The summed E-state index contributed by atoms with van der Waals surface area (Å²) < 4.78 is 10.5. The fourth-order valence-electron chi connectivity index (χ4n) is 1.80. The molecule has 3 rings (SSSR count). The van der Waals surface area contributed by atoms with Crippen LogP contribution in [0.15, 0.2) is 33.4 Å². The second-order valence-electron chi connectivity index (χ2n) is 4.55. The zero-order valence-corrected chi connectivity index (χ0v) is 11.3. The average molecular weight is 273 g/mol. The molecule has 1 atom stereocenters. The van der Waals surface area contributed by atoms with Crippen molar-refractivity contribution in [2.45, 2.75) is 19.4 Å². The number of H-pyrrole nitrogens is 1. The summed E-state index contributed by atoms with van der Waals surface area (Å²) in [6, 6.07) is 5.76. The van der Waals surface area contributed by atoms with E-state index >= 15 is 0 Å². The van der Waals surface area contributed by atoms with E-state index in [9.17, 15) is 0 Å². The van der Waals surface area contributed by atoms with Gasteiger partial charge in [-0.05, 0) is 26.1 Å². The normalized spacial score (nSPS) is 12.7. The minimum absolute atomic E-state index is 0.292.